The fraction of sp³-hybridized carbons (Fsp3) is 0.231. The molecule has 2 rings (SSSR count). The van der Waals surface area contributed by atoms with Crippen LogP contribution in [0, 0.1) is 25.5 Å². The molecule has 0 aliphatic heterocycles. The molecule has 0 atom stereocenters. The van der Waals surface area contributed by atoms with E-state index in [1.54, 1.807) is 20.9 Å². The van der Waals surface area contributed by atoms with Crippen molar-refractivity contribution in [3.05, 3.63) is 41.2 Å². The Labute approximate surface area is 109 Å². The molecule has 0 amide bonds. The Morgan fingerprint density at radius 3 is 2.58 bits per heavy atom. The topological polar surface area (TPSA) is 47.0 Å². The zero-order chi connectivity index (χ0) is 14.0. The van der Waals surface area contributed by atoms with Crippen LogP contribution in [0.4, 0.5) is 14.6 Å². The maximum Gasteiger partial charge on any atom is 0.227 e. The Hall–Kier alpha value is -2.24. The van der Waals surface area contributed by atoms with E-state index in [1.165, 1.54) is 0 Å². The van der Waals surface area contributed by atoms with Crippen LogP contribution in [-0.2, 0) is 0 Å². The number of nitrogens with one attached hydrogen (secondary N) is 1. The summed E-state index contributed by atoms with van der Waals surface area (Å²) >= 11 is 0. The van der Waals surface area contributed by atoms with E-state index >= 15 is 0 Å². The van der Waals surface area contributed by atoms with E-state index in [4.69, 9.17) is 4.74 Å². The third-order valence-electron chi connectivity index (χ3n) is 2.55. The third-order valence-corrected chi connectivity index (χ3v) is 2.55. The summed E-state index contributed by atoms with van der Waals surface area (Å²) in [5.41, 5.74) is 0.622. The Morgan fingerprint density at radius 1 is 1.16 bits per heavy atom. The average Bonchev–Trinajstić information content (AvgIpc) is 2.37. The van der Waals surface area contributed by atoms with Crippen molar-refractivity contribution in [2.45, 2.75) is 13.8 Å². The number of aromatic nitrogens is 2. The van der Waals surface area contributed by atoms with E-state index in [0.29, 0.717) is 17.2 Å². The molecule has 1 aromatic carbocycles. The fourth-order valence-corrected chi connectivity index (χ4v) is 1.61. The van der Waals surface area contributed by atoms with Crippen molar-refractivity contribution in [3.63, 3.8) is 0 Å². The molecule has 0 bridgehead atoms. The van der Waals surface area contributed by atoms with Crippen LogP contribution in [0.2, 0.25) is 0 Å². The maximum atomic E-state index is 13.5. The van der Waals surface area contributed by atoms with Crippen molar-refractivity contribution in [2.24, 2.45) is 0 Å². The summed E-state index contributed by atoms with van der Waals surface area (Å²) in [6, 6.07) is 3.01. The van der Waals surface area contributed by atoms with Gasteiger partial charge < -0.3 is 10.1 Å². The van der Waals surface area contributed by atoms with E-state index in [-0.39, 0.29) is 11.6 Å². The summed E-state index contributed by atoms with van der Waals surface area (Å²) in [6.45, 7) is 3.42. The average molecular weight is 265 g/mol. The van der Waals surface area contributed by atoms with Gasteiger partial charge in [0.05, 0.1) is 5.56 Å². The molecule has 0 fully saturated rings. The first-order valence-electron chi connectivity index (χ1n) is 5.67. The van der Waals surface area contributed by atoms with E-state index in [9.17, 15) is 8.78 Å². The molecule has 1 N–H and O–H groups in total. The quantitative estimate of drug-likeness (QED) is 0.925. The number of hydrogen-bond donors (Lipinski definition) is 1. The van der Waals surface area contributed by atoms with Gasteiger partial charge in [-0.15, -0.1) is 0 Å². The van der Waals surface area contributed by atoms with Gasteiger partial charge in [-0.2, -0.15) is 4.98 Å². The first-order chi connectivity index (χ1) is 9.01. The van der Waals surface area contributed by atoms with Crippen molar-refractivity contribution in [1.29, 1.82) is 0 Å². The molecule has 0 aliphatic rings. The molecule has 0 saturated heterocycles. The highest BCUT2D eigenvalue weighted by Gasteiger charge is 2.13. The van der Waals surface area contributed by atoms with Crippen LogP contribution in [0.5, 0.6) is 11.6 Å². The minimum Gasteiger partial charge on any atom is -0.435 e. The largest absolute Gasteiger partial charge is 0.435 e. The number of benzene rings is 1. The molecule has 6 heteroatoms. The van der Waals surface area contributed by atoms with Crippen LogP contribution >= 0.6 is 0 Å². The lowest BCUT2D eigenvalue weighted by atomic mass is 10.3. The molecule has 0 unspecified atom stereocenters. The van der Waals surface area contributed by atoms with Crippen molar-refractivity contribution in [3.8, 4) is 11.6 Å². The maximum absolute atomic E-state index is 13.5. The molecule has 4 nitrogen and oxygen atoms in total. The van der Waals surface area contributed by atoms with Crippen LogP contribution in [0.25, 0.3) is 0 Å². The molecule has 0 spiro atoms. The van der Waals surface area contributed by atoms with Gasteiger partial charge in [0.1, 0.15) is 17.5 Å². The highest BCUT2D eigenvalue weighted by Crippen LogP contribution is 2.28. The van der Waals surface area contributed by atoms with Gasteiger partial charge in [-0.1, -0.05) is 0 Å². The van der Waals surface area contributed by atoms with Gasteiger partial charge in [0.2, 0.25) is 5.88 Å². The van der Waals surface area contributed by atoms with Gasteiger partial charge in [0, 0.05) is 13.1 Å². The molecule has 0 aliphatic carbocycles. The fourth-order valence-electron chi connectivity index (χ4n) is 1.61. The SMILES string of the molecule is CNc1nc(C)nc(Oc2cc(F)ccc2F)c1C. The second-order valence-electron chi connectivity index (χ2n) is 3.98. The summed E-state index contributed by atoms with van der Waals surface area (Å²) in [5.74, 6) is -0.178. The van der Waals surface area contributed by atoms with E-state index < -0.39 is 11.6 Å². The molecule has 2 aromatic rings. The molecular weight excluding hydrogens is 252 g/mol. The van der Waals surface area contributed by atoms with Gasteiger partial charge in [-0.25, -0.2) is 13.8 Å². The van der Waals surface area contributed by atoms with E-state index in [2.05, 4.69) is 15.3 Å². The summed E-state index contributed by atoms with van der Waals surface area (Å²) in [5, 5.41) is 2.89. The standard InChI is InChI=1S/C13H13F2N3O/c1-7-12(16-3)17-8(2)18-13(7)19-11-6-9(14)4-5-10(11)15/h4-6H,1-3H3,(H,16,17,18). The number of ether oxygens (including phenoxy) is 1. The van der Waals surface area contributed by atoms with Crippen molar-refractivity contribution < 1.29 is 13.5 Å². The van der Waals surface area contributed by atoms with E-state index in [0.717, 1.165) is 18.2 Å². The summed E-state index contributed by atoms with van der Waals surface area (Å²) < 4.78 is 31.9. The molecule has 1 heterocycles. The van der Waals surface area contributed by atoms with E-state index in [1.807, 2.05) is 0 Å². The Balaban J connectivity index is 2.43. The molecule has 100 valence electrons. The predicted octanol–water partition coefficient (Wildman–Crippen LogP) is 3.21. The zero-order valence-corrected chi connectivity index (χ0v) is 10.8. The number of rotatable bonds is 3. The van der Waals surface area contributed by atoms with Crippen LogP contribution in [0.1, 0.15) is 11.4 Å². The normalized spacial score (nSPS) is 10.4. The minimum absolute atomic E-state index is 0.196. The van der Waals surface area contributed by atoms with Crippen molar-refractivity contribution in [1.82, 2.24) is 9.97 Å². The second kappa shape index (κ2) is 5.17. The smallest absolute Gasteiger partial charge is 0.227 e. The first kappa shape index (κ1) is 13.2. The number of hydrogen-bond acceptors (Lipinski definition) is 4. The second-order valence-corrected chi connectivity index (χ2v) is 3.98. The van der Waals surface area contributed by atoms with Crippen LogP contribution in [0.3, 0.4) is 0 Å². The summed E-state index contributed by atoms with van der Waals surface area (Å²) in [7, 11) is 1.71. The highest BCUT2D eigenvalue weighted by atomic mass is 19.1. The van der Waals surface area contributed by atoms with Crippen LogP contribution < -0.4 is 10.1 Å². The summed E-state index contributed by atoms with van der Waals surface area (Å²) in [6.07, 6.45) is 0. The van der Waals surface area contributed by atoms with Gasteiger partial charge in [0.25, 0.3) is 0 Å². The monoisotopic (exact) mass is 265 g/mol. The van der Waals surface area contributed by atoms with Crippen LogP contribution in [-0.4, -0.2) is 17.0 Å². The molecular formula is C13H13F2N3O. The number of halogens is 2. The molecule has 0 saturated carbocycles. The Morgan fingerprint density at radius 2 is 1.89 bits per heavy atom. The van der Waals surface area contributed by atoms with Crippen LogP contribution in [0.15, 0.2) is 18.2 Å². The molecule has 19 heavy (non-hydrogen) atoms. The Bertz CT molecular complexity index is 617. The van der Waals surface area contributed by atoms with Crippen molar-refractivity contribution >= 4 is 5.82 Å². The number of anilines is 1. The van der Waals surface area contributed by atoms with Gasteiger partial charge in [-0.3, -0.25) is 0 Å². The molecule has 0 radical (unpaired) electrons. The van der Waals surface area contributed by atoms with Gasteiger partial charge in [-0.05, 0) is 26.0 Å². The lowest BCUT2D eigenvalue weighted by Crippen LogP contribution is -2.03. The lowest BCUT2D eigenvalue weighted by Gasteiger charge is -2.12. The third kappa shape index (κ3) is 2.78. The zero-order valence-electron chi connectivity index (χ0n) is 10.8. The van der Waals surface area contributed by atoms with Gasteiger partial charge >= 0.3 is 0 Å². The van der Waals surface area contributed by atoms with Crippen molar-refractivity contribution in [2.75, 3.05) is 12.4 Å². The lowest BCUT2D eigenvalue weighted by molar-refractivity contribution is 0.418. The Kier molecular flexibility index (Phi) is 3.59. The first-order valence-corrected chi connectivity index (χ1v) is 5.67. The predicted molar refractivity (Wildman–Crippen MR) is 67.5 cm³/mol. The van der Waals surface area contributed by atoms with Gasteiger partial charge in [0.15, 0.2) is 11.6 Å². The summed E-state index contributed by atoms with van der Waals surface area (Å²) in [4.78, 5) is 8.25. The number of aryl methyl sites for hydroxylation is 1. The number of nitrogens with zero attached hydrogens (tertiary/aromatic N) is 2. The highest BCUT2D eigenvalue weighted by molar-refractivity contribution is 5.49. The minimum atomic E-state index is -0.650. The molecule has 1 aromatic heterocycles.